The van der Waals surface area contributed by atoms with Gasteiger partial charge < -0.3 is 16.2 Å². The van der Waals surface area contributed by atoms with Gasteiger partial charge in [0.15, 0.2) is 0 Å². The lowest BCUT2D eigenvalue weighted by Crippen LogP contribution is -2.28. The quantitative estimate of drug-likeness (QED) is 0.501. The molecule has 0 fully saturated rings. The summed E-state index contributed by atoms with van der Waals surface area (Å²) in [5, 5.41) is 0.0367. The summed E-state index contributed by atoms with van der Waals surface area (Å²) >= 11 is 3.05. The van der Waals surface area contributed by atoms with Crippen molar-refractivity contribution in [2.45, 2.75) is 0 Å². The molecule has 8 heteroatoms. The number of nitrogens with zero attached hydrogens (tertiary/aromatic N) is 1. The van der Waals surface area contributed by atoms with E-state index in [2.05, 4.69) is 20.7 Å². The molecule has 0 saturated heterocycles. The topological polar surface area (TPSA) is 100 Å². The van der Waals surface area contributed by atoms with Gasteiger partial charge in [0.25, 0.3) is 5.56 Å². The van der Waals surface area contributed by atoms with Gasteiger partial charge in [-0.05, 0) is 52.3 Å². The molecule has 4 N–H and O–H groups in total. The SMILES string of the molecule is [2H]C([2H])([2H])OC(=O)c1c(N)c2cc(F)c(Br)cc2n(-c2ccc(N)cc2)c1=O. The Morgan fingerprint density at radius 3 is 2.60 bits per heavy atom. The van der Waals surface area contributed by atoms with Gasteiger partial charge in [-0.25, -0.2) is 9.18 Å². The predicted molar refractivity (Wildman–Crippen MR) is 97.4 cm³/mol. The van der Waals surface area contributed by atoms with Crippen molar-refractivity contribution in [1.82, 2.24) is 4.57 Å². The Morgan fingerprint density at radius 2 is 1.96 bits per heavy atom. The third-order valence-electron chi connectivity index (χ3n) is 3.70. The number of benzene rings is 2. The van der Waals surface area contributed by atoms with Crippen LogP contribution < -0.4 is 17.0 Å². The number of halogens is 2. The van der Waals surface area contributed by atoms with Crippen molar-refractivity contribution in [3.63, 3.8) is 0 Å². The summed E-state index contributed by atoms with van der Waals surface area (Å²) in [7, 11) is -3.08. The highest BCUT2D eigenvalue weighted by Crippen LogP contribution is 2.30. The molecule has 0 amide bonds. The third kappa shape index (κ3) is 2.74. The number of hydrogen-bond donors (Lipinski definition) is 2. The summed E-state index contributed by atoms with van der Waals surface area (Å²) in [6.07, 6.45) is 0. The largest absolute Gasteiger partial charge is 0.465 e. The molecule has 0 unspecified atom stereocenters. The Morgan fingerprint density at radius 1 is 1.28 bits per heavy atom. The number of rotatable bonds is 2. The normalized spacial score (nSPS) is 13.1. The maximum absolute atomic E-state index is 14.1. The van der Waals surface area contributed by atoms with Gasteiger partial charge >= 0.3 is 5.97 Å². The number of pyridine rings is 1. The van der Waals surface area contributed by atoms with Gasteiger partial charge in [-0.1, -0.05) is 0 Å². The second-order valence-corrected chi connectivity index (χ2v) is 6.05. The van der Waals surface area contributed by atoms with Crippen LogP contribution in [0.5, 0.6) is 0 Å². The van der Waals surface area contributed by atoms with Gasteiger partial charge in [-0.3, -0.25) is 9.36 Å². The lowest BCUT2D eigenvalue weighted by Gasteiger charge is -2.16. The maximum atomic E-state index is 14.1. The number of esters is 1. The average Bonchev–Trinajstić information content (AvgIpc) is 2.57. The average molecular weight is 409 g/mol. The van der Waals surface area contributed by atoms with Gasteiger partial charge in [0.1, 0.15) is 11.4 Å². The Balaban J connectivity index is 2.43. The van der Waals surface area contributed by atoms with E-state index in [1.54, 1.807) is 0 Å². The minimum absolute atomic E-state index is 0.0367. The van der Waals surface area contributed by atoms with Gasteiger partial charge in [-0.2, -0.15) is 0 Å². The van der Waals surface area contributed by atoms with Crippen molar-refractivity contribution in [1.29, 1.82) is 0 Å². The van der Waals surface area contributed by atoms with Crippen LogP contribution in [0.4, 0.5) is 15.8 Å². The maximum Gasteiger partial charge on any atom is 0.345 e. The second-order valence-electron chi connectivity index (χ2n) is 5.19. The van der Waals surface area contributed by atoms with Gasteiger partial charge in [0.05, 0.1) is 26.8 Å². The molecular formula is C17H13BrFN3O3. The number of aromatic nitrogens is 1. The summed E-state index contributed by atoms with van der Waals surface area (Å²) in [6.45, 7) is 0. The lowest BCUT2D eigenvalue weighted by molar-refractivity contribution is 0.0600. The van der Waals surface area contributed by atoms with E-state index in [0.717, 1.165) is 10.6 Å². The predicted octanol–water partition coefficient (Wildman–Crippen LogP) is 2.84. The molecule has 0 atom stereocenters. The molecule has 0 radical (unpaired) electrons. The van der Waals surface area contributed by atoms with E-state index >= 15 is 0 Å². The number of nitrogens with two attached hydrogens (primary N) is 2. The van der Waals surface area contributed by atoms with E-state index in [9.17, 15) is 14.0 Å². The van der Waals surface area contributed by atoms with E-state index in [-0.39, 0.29) is 21.1 Å². The molecule has 128 valence electrons. The molecule has 25 heavy (non-hydrogen) atoms. The van der Waals surface area contributed by atoms with Crippen molar-refractivity contribution in [3.8, 4) is 5.69 Å². The van der Waals surface area contributed by atoms with E-state index in [1.807, 2.05) is 0 Å². The first-order valence-electron chi connectivity index (χ1n) is 8.42. The molecule has 0 bridgehead atoms. The van der Waals surface area contributed by atoms with Gasteiger partial charge in [0, 0.05) is 16.8 Å². The molecule has 1 heterocycles. The Hall–Kier alpha value is -2.87. The number of fused-ring (bicyclic) bond motifs is 1. The summed E-state index contributed by atoms with van der Waals surface area (Å²) in [6, 6.07) is 8.46. The Bertz CT molecular complexity index is 1160. The molecule has 0 saturated carbocycles. The Labute approximate surface area is 154 Å². The van der Waals surface area contributed by atoms with Crippen LogP contribution in [-0.2, 0) is 4.74 Å². The molecule has 3 rings (SSSR count). The lowest BCUT2D eigenvalue weighted by atomic mass is 10.1. The summed E-state index contributed by atoms with van der Waals surface area (Å²) in [5.74, 6) is -2.12. The van der Waals surface area contributed by atoms with Crippen molar-refractivity contribution in [3.05, 3.63) is 62.6 Å². The first-order valence-corrected chi connectivity index (χ1v) is 7.71. The van der Waals surface area contributed by atoms with Crippen LogP contribution in [0.25, 0.3) is 16.6 Å². The highest BCUT2D eigenvalue weighted by molar-refractivity contribution is 9.10. The molecule has 1 aromatic heterocycles. The Kier molecular flexibility index (Phi) is 3.33. The van der Waals surface area contributed by atoms with Gasteiger partial charge in [0.2, 0.25) is 0 Å². The molecule has 6 nitrogen and oxygen atoms in total. The molecule has 0 aliphatic heterocycles. The van der Waals surface area contributed by atoms with Crippen molar-refractivity contribution >= 4 is 44.2 Å². The minimum atomic E-state index is -3.08. The fraction of sp³-hybridized carbons (Fsp3) is 0.0588. The number of carbonyl (C=O) groups is 1. The zero-order chi connectivity index (χ0) is 20.8. The molecule has 0 spiro atoms. The fourth-order valence-corrected chi connectivity index (χ4v) is 2.87. The monoisotopic (exact) mass is 408 g/mol. The molecule has 3 aromatic rings. The van der Waals surface area contributed by atoms with Crippen molar-refractivity contribution < 1.29 is 18.0 Å². The zero-order valence-corrected chi connectivity index (χ0v) is 14.1. The first kappa shape index (κ1) is 13.4. The zero-order valence-electron chi connectivity index (χ0n) is 15.5. The molecule has 0 aliphatic rings. The minimum Gasteiger partial charge on any atom is -0.465 e. The fourth-order valence-electron chi connectivity index (χ4n) is 2.54. The van der Waals surface area contributed by atoms with E-state index in [0.29, 0.717) is 11.4 Å². The van der Waals surface area contributed by atoms with Crippen LogP contribution in [0, 0.1) is 5.82 Å². The summed E-state index contributed by atoms with van der Waals surface area (Å²) in [4.78, 5) is 25.4. The number of carbonyl (C=O) groups excluding carboxylic acids is 1. The van der Waals surface area contributed by atoms with Crippen LogP contribution in [0.15, 0.2) is 45.7 Å². The van der Waals surface area contributed by atoms with Crippen LogP contribution in [-0.4, -0.2) is 17.6 Å². The van der Waals surface area contributed by atoms with E-state index < -0.39 is 29.9 Å². The van der Waals surface area contributed by atoms with Gasteiger partial charge in [-0.15, -0.1) is 0 Å². The van der Waals surface area contributed by atoms with Crippen LogP contribution >= 0.6 is 15.9 Å². The van der Waals surface area contributed by atoms with E-state index in [1.165, 1.54) is 30.3 Å². The van der Waals surface area contributed by atoms with Crippen LogP contribution in [0.2, 0.25) is 0 Å². The smallest absolute Gasteiger partial charge is 0.345 e. The molecule has 2 aromatic carbocycles. The highest BCUT2D eigenvalue weighted by atomic mass is 79.9. The molecular weight excluding hydrogens is 393 g/mol. The number of methoxy groups -OCH3 is 1. The summed E-state index contributed by atoms with van der Waals surface area (Å²) < 4.78 is 40.9. The van der Waals surface area contributed by atoms with Crippen LogP contribution in [0.3, 0.4) is 0 Å². The number of hydrogen-bond acceptors (Lipinski definition) is 5. The number of ether oxygens (including phenoxy) is 1. The highest BCUT2D eigenvalue weighted by Gasteiger charge is 2.23. The standard InChI is InChI=1S/C17H13BrFN3O3/c1-25-17(24)14-15(21)10-6-12(19)11(18)7-13(10)22(16(14)23)9-4-2-8(20)3-5-9/h2-7H,20-21H2,1H3/i1D3. The van der Waals surface area contributed by atoms with Crippen molar-refractivity contribution in [2.75, 3.05) is 18.5 Å². The third-order valence-corrected chi connectivity index (χ3v) is 4.31. The molecule has 0 aliphatic carbocycles. The number of anilines is 2. The second kappa shape index (κ2) is 6.21. The number of nitrogen functional groups attached to an aromatic ring is 2. The van der Waals surface area contributed by atoms with Crippen LogP contribution in [0.1, 0.15) is 14.5 Å². The van der Waals surface area contributed by atoms with E-state index in [4.69, 9.17) is 15.6 Å². The summed E-state index contributed by atoms with van der Waals surface area (Å²) in [5.41, 5.74) is 10.5. The van der Waals surface area contributed by atoms with Crippen molar-refractivity contribution in [2.24, 2.45) is 0 Å². The first-order chi connectivity index (χ1) is 13.0.